The van der Waals surface area contributed by atoms with Crippen LogP contribution in [-0.4, -0.2) is 12.4 Å². The summed E-state index contributed by atoms with van der Waals surface area (Å²) in [7, 11) is 0. The Bertz CT molecular complexity index is 563. The maximum absolute atomic E-state index is 6.06. The van der Waals surface area contributed by atoms with Gasteiger partial charge in [0.1, 0.15) is 5.75 Å². The van der Waals surface area contributed by atoms with Gasteiger partial charge in [0.05, 0.1) is 6.61 Å². The third-order valence-electron chi connectivity index (χ3n) is 3.70. The van der Waals surface area contributed by atoms with Gasteiger partial charge in [-0.3, -0.25) is 0 Å². The molecule has 0 N–H and O–H groups in total. The van der Waals surface area contributed by atoms with Crippen LogP contribution >= 0.6 is 12.6 Å². The largest absolute Gasteiger partial charge is 0.493 e. The molecule has 0 amide bonds. The molecule has 0 aromatic heterocycles. The van der Waals surface area contributed by atoms with E-state index in [0.29, 0.717) is 12.5 Å². The molecule has 0 bridgehead atoms. The highest BCUT2D eigenvalue weighted by atomic mass is 32.1. The number of thiol groups is 1. The first-order valence-corrected chi connectivity index (χ1v) is 7.61. The van der Waals surface area contributed by atoms with Crippen molar-refractivity contribution in [2.75, 3.05) is 12.4 Å². The minimum absolute atomic E-state index is 0.319. The molecule has 1 unspecified atom stereocenters. The molecule has 0 saturated heterocycles. The van der Waals surface area contributed by atoms with Crippen molar-refractivity contribution in [3.8, 4) is 5.75 Å². The van der Waals surface area contributed by atoms with E-state index in [9.17, 15) is 0 Å². The molecule has 106 valence electrons. The summed E-state index contributed by atoms with van der Waals surface area (Å²) >= 11 is 4.46. The molecule has 0 aliphatic rings. The SMILES string of the molecule is Cc1cc(C)c(C)c(OCC(CS)c2ccccc2)c1. The first-order chi connectivity index (χ1) is 9.61. The van der Waals surface area contributed by atoms with Crippen LogP contribution in [0.25, 0.3) is 0 Å². The van der Waals surface area contributed by atoms with E-state index in [1.165, 1.54) is 22.3 Å². The fourth-order valence-corrected chi connectivity index (χ4v) is 2.64. The summed E-state index contributed by atoms with van der Waals surface area (Å²) in [4.78, 5) is 0. The summed E-state index contributed by atoms with van der Waals surface area (Å²) < 4.78 is 6.06. The molecule has 0 heterocycles. The van der Waals surface area contributed by atoms with Crippen LogP contribution in [0.15, 0.2) is 42.5 Å². The fourth-order valence-electron chi connectivity index (χ4n) is 2.32. The standard InChI is InChI=1S/C18H22OS/c1-13-9-14(2)15(3)18(10-13)19-11-17(12-20)16-7-5-4-6-8-16/h4-10,17,20H,11-12H2,1-3H3. The lowest BCUT2D eigenvalue weighted by Gasteiger charge is -2.18. The van der Waals surface area contributed by atoms with E-state index in [4.69, 9.17) is 4.74 Å². The van der Waals surface area contributed by atoms with Crippen molar-refractivity contribution in [3.05, 3.63) is 64.7 Å². The maximum atomic E-state index is 6.06. The lowest BCUT2D eigenvalue weighted by molar-refractivity contribution is 0.295. The molecule has 0 aliphatic carbocycles. The Morgan fingerprint density at radius 3 is 2.40 bits per heavy atom. The van der Waals surface area contributed by atoms with E-state index in [1.807, 2.05) is 6.07 Å². The van der Waals surface area contributed by atoms with Crippen molar-refractivity contribution >= 4 is 12.6 Å². The van der Waals surface area contributed by atoms with E-state index >= 15 is 0 Å². The smallest absolute Gasteiger partial charge is 0.122 e. The Morgan fingerprint density at radius 2 is 1.75 bits per heavy atom. The van der Waals surface area contributed by atoms with Crippen LogP contribution in [-0.2, 0) is 0 Å². The van der Waals surface area contributed by atoms with Gasteiger partial charge in [-0.25, -0.2) is 0 Å². The predicted octanol–water partition coefficient (Wildman–Crippen LogP) is 4.70. The highest BCUT2D eigenvalue weighted by Gasteiger charge is 2.12. The topological polar surface area (TPSA) is 9.23 Å². The highest BCUT2D eigenvalue weighted by molar-refractivity contribution is 7.80. The fraction of sp³-hybridized carbons (Fsp3) is 0.333. The molecule has 0 aliphatic heterocycles. The molecule has 0 radical (unpaired) electrons. The lowest BCUT2D eigenvalue weighted by atomic mass is 10.0. The van der Waals surface area contributed by atoms with Crippen molar-refractivity contribution in [2.24, 2.45) is 0 Å². The van der Waals surface area contributed by atoms with Crippen molar-refractivity contribution in [2.45, 2.75) is 26.7 Å². The summed E-state index contributed by atoms with van der Waals surface area (Å²) in [5.74, 6) is 2.10. The zero-order valence-corrected chi connectivity index (χ0v) is 13.3. The Balaban J connectivity index is 2.11. The maximum Gasteiger partial charge on any atom is 0.122 e. The summed E-state index contributed by atoms with van der Waals surface area (Å²) in [6.45, 7) is 7.01. The zero-order valence-electron chi connectivity index (χ0n) is 12.4. The van der Waals surface area contributed by atoms with E-state index in [-0.39, 0.29) is 0 Å². The number of rotatable bonds is 5. The summed E-state index contributed by atoms with van der Waals surface area (Å²) in [6.07, 6.45) is 0. The lowest BCUT2D eigenvalue weighted by Crippen LogP contribution is -2.12. The van der Waals surface area contributed by atoms with E-state index in [2.05, 4.69) is 69.8 Å². The average Bonchev–Trinajstić information content (AvgIpc) is 2.45. The number of ether oxygens (including phenoxy) is 1. The Morgan fingerprint density at radius 1 is 1.05 bits per heavy atom. The molecule has 2 aromatic rings. The van der Waals surface area contributed by atoms with Gasteiger partial charge >= 0.3 is 0 Å². The van der Waals surface area contributed by atoms with E-state index in [0.717, 1.165) is 11.5 Å². The van der Waals surface area contributed by atoms with Gasteiger partial charge in [-0.2, -0.15) is 12.6 Å². The van der Waals surface area contributed by atoms with Crippen LogP contribution in [0, 0.1) is 20.8 Å². The Kier molecular flexibility index (Phi) is 5.13. The van der Waals surface area contributed by atoms with Crippen molar-refractivity contribution < 1.29 is 4.74 Å². The van der Waals surface area contributed by atoms with Gasteiger partial charge in [-0.1, -0.05) is 36.4 Å². The molecule has 20 heavy (non-hydrogen) atoms. The molecule has 0 spiro atoms. The number of benzene rings is 2. The third kappa shape index (κ3) is 3.57. The predicted molar refractivity (Wildman–Crippen MR) is 89.2 cm³/mol. The van der Waals surface area contributed by atoms with Crippen molar-refractivity contribution in [1.82, 2.24) is 0 Å². The number of hydrogen-bond acceptors (Lipinski definition) is 2. The van der Waals surface area contributed by atoms with Gasteiger partial charge in [0, 0.05) is 11.7 Å². The van der Waals surface area contributed by atoms with Crippen molar-refractivity contribution in [1.29, 1.82) is 0 Å². The van der Waals surface area contributed by atoms with Gasteiger partial charge in [-0.15, -0.1) is 0 Å². The number of aryl methyl sites for hydroxylation is 2. The van der Waals surface area contributed by atoms with E-state index in [1.54, 1.807) is 0 Å². The van der Waals surface area contributed by atoms with Crippen LogP contribution in [0.2, 0.25) is 0 Å². The van der Waals surface area contributed by atoms with Crippen LogP contribution < -0.4 is 4.74 Å². The second-order valence-electron chi connectivity index (χ2n) is 5.31. The molecule has 2 heteroatoms. The Labute approximate surface area is 127 Å². The zero-order chi connectivity index (χ0) is 14.5. The summed E-state index contributed by atoms with van der Waals surface area (Å²) in [5, 5.41) is 0. The van der Waals surface area contributed by atoms with Crippen LogP contribution in [0.4, 0.5) is 0 Å². The first kappa shape index (κ1) is 15.0. The molecule has 1 nitrogen and oxygen atoms in total. The van der Waals surface area contributed by atoms with Gasteiger partial charge in [-0.05, 0) is 49.1 Å². The quantitative estimate of drug-likeness (QED) is 0.784. The van der Waals surface area contributed by atoms with Gasteiger partial charge in [0.15, 0.2) is 0 Å². The van der Waals surface area contributed by atoms with Gasteiger partial charge in [0.2, 0.25) is 0 Å². The molecular weight excluding hydrogens is 264 g/mol. The molecule has 0 fully saturated rings. The first-order valence-electron chi connectivity index (χ1n) is 6.98. The molecule has 1 atom stereocenters. The van der Waals surface area contributed by atoms with Crippen LogP contribution in [0.1, 0.15) is 28.2 Å². The van der Waals surface area contributed by atoms with Crippen LogP contribution in [0.5, 0.6) is 5.75 Å². The van der Waals surface area contributed by atoms with E-state index < -0.39 is 0 Å². The summed E-state index contributed by atoms with van der Waals surface area (Å²) in [5.41, 5.74) is 5.03. The molecular formula is C18H22OS. The molecule has 2 rings (SSSR count). The van der Waals surface area contributed by atoms with Gasteiger partial charge < -0.3 is 4.74 Å². The van der Waals surface area contributed by atoms with Crippen LogP contribution in [0.3, 0.4) is 0 Å². The normalized spacial score (nSPS) is 12.2. The van der Waals surface area contributed by atoms with Gasteiger partial charge in [0.25, 0.3) is 0 Å². The minimum Gasteiger partial charge on any atom is -0.493 e. The Hall–Kier alpha value is -1.41. The average molecular weight is 286 g/mol. The second-order valence-corrected chi connectivity index (χ2v) is 5.67. The summed E-state index contributed by atoms with van der Waals surface area (Å²) in [6, 6.07) is 14.7. The molecule has 2 aromatic carbocycles. The monoisotopic (exact) mass is 286 g/mol. The molecule has 0 saturated carbocycles. The second kappa shape index (κ2) is 6.85. The minimum atomic E-state index is 0.319. The van der Waals surface area contributed by atoms with Crippen molar-refractivity contribution in [3.63, 3.8) is 0 Å². The third-order valence-corrected chi connectivity index (χ3v) is 4.14. The highest BCUT2D eigenvalue weighted by Crippen LogP contribution is 2.25. The number of hydrogen-bond donors (Lipinski definition) is 1.